The number of alkyl halides is 1. The van der Waals surface area contributed by atoms with Crippen LogP contribution < -0.4 is 4.74 Å². The van der Waals surface area contributed by atoms with Crippen molar-refractivity contribution in [2.75, 3.05) is 7.11 Å². The highest BCUT2D eigenvalue weighted by molar-refractivity contribution is 14.1. The maximum Gasteiger partial charge on any atom is 0.217 e. The molecule has 0 aliphatic carbocycles. The number of halogens is 1. The van der Waals surface area contributed by atoms with Crippen LogP contribution in [0.2, 0.25) is 0 Å². The van der Waals surface area contributed by atoms with Crippen LogP contribution in [0.3, 0.4) is 0 Å². The van der Waals surface area contributed by atoms with Crippen LogP contribution in [0.4, 0.5) is 0 Å². The van der Waals surface area contributed by atoms with Gasteiger partial charge in [-0.3, -0.25) is 0 Å². The van der Waals surface area contributed by atoms with Gasteiger partial charge in [-0.05, 0) is 18.1 Å². The molecule has 0 amide bonds. The van der Waals surface area contributed by atoms with Gasteiger partial charge in [-0.15, -0.1) is 0 Å². The van der Waals surface area contributed by atoms with Crippen molar-refractivity contribution >= 4 is 22.6 Å². The van der Waals surface area contributed by atoms with E-state index in [-0.39, 0.29) is 0 Å². The second kappa shape index (κ2) is 4.64. The molecule has 0 spiro atoms. The third kappa shape index (κ3) is 2.09. The van der Waals surface area contributed by atoms with Gasteiger partial charge in [0.25, 0.3) is 0 Å². The molecule has 2 nitrogen and oxygen atoms in total. The van der Waals surface area contributed by atoms with E-state index < -0.39 is 0 Å². The number of ether oxygens (including phenoxy) is 1. The maximum absolute atomic E-state index is 5.12. The highest BCUT2D eigenvalue weighted by Crippen LogP contribution is 2.19. The Hall–Kier alpha value is -0.320. The summed E-state index contributed by atoms with van der Waals surface area (Å²) in [5, 5.41) is 0. The van der Waals surface area contributed by atoms with Crippen LogP contribution in [0.5, 0.6) is 5.88 Å². The van der Waals surface area contributed by atoms with Crippen LogP contribution >= 0.6 is 22.6 Å². The molecule has 0 saturated heterocycles. The Morgan fingerprint density at radius 1 is 1.58 bits per heavy atom. The molecule has 1 aromatic heterocycles. The lowest BCUT2D eigenvalue weighted by Gasteiger charge is -2.05. The first-order valence-electron chi connectivity index (χ1n) is 3.89. The van der Waals surface area contributed by atoms with Gasteiger partial charge in [-0.2, -0.15) is 0 Å². The van der Waals surface area contributed by atoms with E-state index in [0.717, 1.165) is 16.7 Å². The molecule has 1 rings (SSSR count). The summed E-state index contributed by atoms with van der Waals surface area (Å²) in [4.78, 5) is 4.21. The number of hydrogen-bond acceptors (Lipinski definition) is 2. The van der Waals surface area contributed by atoms with Crippen molar-refractivity contribution in [3.63, 3.8) is 0 Å². The second-order valence-electron chi connectivity index (χ2n) is 2.50. The lowest BCUT2D eigenvalue weighted by Crippen LogP contribution is -1.94. The number of aryl methyl sites for hydroxylation is 1. The largest absolute Gasteiger partial charge is 0.481 e. The van der Waals surface area contributed by atoms with Gasteiger partial charge in [0.1, 0.15) is 0 Å². The number of rotatable bonds is 3. The first kappa shape index (κ1) is 9.77. The van der Waals surface area contributed by atoms with Crippen LogP contribution in [0.25, 0.3) is 0 Å². The van der Waals surface area contributed by atoms with Gasteiger partial charge >= 0.3 is 0 Å². The Kier molecular flexibility index (Phi) is 3.78. The number of nitrogens with zero attached hydrogens (tertiary/aromatic N) is 1. The molecule has 1 heterocycles. The topological polar surface area (TPSA) is 22.1 Å². The minimum atomic E-state index is 0.751. The van der Waals surface area contributed by atoms with Gasteiger partial charge in [0.05, 0.1) is 7.11 Å². The molecule has 0 aliphatic rings. The van der Waals surface area contributed by atoms with E-state index in [0.29, 0.717) is 0 Å². The Balaban J connectivity index is 3.02. The molecule has 0 atom stereocenters. The third-order valence-electron chi connectivity index (χ3n) is 1.73. The van der Waals surface area contributed by atoms with Gasteiger partial charge in [-0.25, -0.2) is 4.98 Å². The monoisotopic (exact) mass is 277 g/mol. The average molecular weight is 277 g/mol. The van der Waals surface area contributed by atoms with Crippen molar-refractivity contribution in [2.24, 2.45) is 0 Å². The van der Waals surface area contributed by atoms with E-state index in [9.17, 15) is 0 Å². The van der Waals surface area contributed by atoms with Crippen molar-refractivity contribution in [1.29, 1.82) is 0 Å². The van der Waals surface area contributed by atoms with E-state index in [1.54, 1.807) is 7.11 Å². The van der Waals surface area contributed by atoms with E-state index in [2.05, 4.69) is 40.6 Å². The molecule has 0 aliphatic heterocycles. The zero-order chi connectivity index (χ0) is 8.97. The first-order valence-corrected chi connectivity index (χ1v) is 5.42. The molecule has 66 valence electrons. The van der Waals surface area contributed by atoms with E-state index in [1.165, 1.54) is 11.1 Å². The van der Waals surface area contributed by atoms with Crippen LogP contribution in [-0.2, 0) is 10.8 Å². The summed E-state index contributed by atoms with van der Waals surface area (Å²) in [6, 6.07) is 2.15. The van der Waals surface area contributed by atoms with E-state index in [1.807, 2.05) is 6.20 Å². The molecule has 1 aromatic rings. The summed E-state index contributed by atoms with van der Waals surface area (Å²) in [5.74, 6) is 0.751. The van der Waals surface area contributed by atoms with Crippen LogP contribution in [0.1, 0.15) is 18.1 Å². The summed E-state index contributed by atoms with van der Waals surface area (Å²) in [6.45, 7) is 2.13. The normalized spacial score (nSPS) is 9.92. The van der Waals surface area contributed by atoms with Gasteiger partial charge in [0.2, 0.25) is 5.88 Å². The third-order valence-corrected chi connectivity index (χ3v) is 2.55. The summed E-state index contributed by atoms with van der Waals surface area (Å²) < 4.78 is 6.07. The minimum Gasteiger partial charge on any atom is -0.481 e. The summed E-state index contributed by atoms with van der Waals surface area (Å²) in [7, 11) is 1.66. The van der Waals surface area contributed by atoms with Crippen LogP contribution in [0, 0.1) is 0 Å². The Morgan fingerprint density at radius 2 is 2.33 bits per heavy atom. The highest BCUT2D eigenvalue weighted by Gasteiger charge is 2.02. The lowest BCUT2D eigenvalue weighted by atomic mass is 10.2. The number of methoxy groups -OCH3 is 1. The lowest BCUT2D eigenvalue weighted by molar-refractivity contribution is 0.394. The Bertz CT molecular complexity index is 263. The zero-order valence-electron chi connectivity index (χ0n) is 7.30. The Labute approximate surface area is 86.5 Å². The molecule has 0 N–H and O–H groups in total. The predicted octanol–water partition coefficient (Wildman–Crippen LogP) is 2.59. The molecule has 12 heavy (non-hydrogen) atoms. The summed E-state index contributed by atoms with van der Waals surface area (Å²) in [6.07, 6.45) is 2.90. The molecule has 0 fully saturated rings. The smallest absolute Gasteiger partial charge is 0.217 e. The van der Waals surface area contributed by atoms with Crippen molar-refractivity contribution in [1.82, 2.24) is 4.98 Å². The average Bonchev–Trinajstić information content (AvgIpc) is 2.16. The van der Waals surface area contributed by atoms with Gasteiger partial charge in [0.15, 0.2) is 0 Å². The fourth-order valence-electron chi connectivity index (χ4n) is 1.02. The molecule has 0 saturated carbocycles. The molecule has 3 heteroatoms. The van der Waals surface area contributed by atoms with Crippen molar-refractivity contribution < 1.29 is 4.74 Å². The SMILES string of the molecule is CCc1cnc(OC)c(CI)c1. The Morgan fingerprint density at radius 3 is 2.83 bits per heavy atom. The van der Waals surface area contributed by atoms with Crippen LogP contribution in [0.15, 0.2) is 12.3 Å². The molecule has 0 aromatic carbocycles. The summed E-state index contributed by atoms with van der Waals surface area (Å²) >= 11 is 2.32. The first-order chi connectivity index (χ1) is 5.81. The molecular formula is C9H12INO. The van der Waals surface area contributed by atoms with Crippen molar-refractivity contribution in [2.45, 2.75) is 17.8 Å². The zero-order valence-corrected chi connectivity index (χ0v) is 9.46. The highest BCUT2D eigenvalue weighted by atomic mass is 127. The van der Waals surface area contributed by atoms with Crippen LogP contribution in [-0.4, -0.2) is 12.1 Å². The quantitative estimate of drug-likeness (QED) is 0.626. The molecule has 0 unspecified atom stereocenters. The fourth-order valence-corrected chi connectivity index (χ4v) is 1.57. The van der Waals surface area contributed by atoms with E-state index in [4.69, 9.17) is 4.74 Å². The second-order valence-corrected chi connectivity index (χ2v) is 3.26. The fraction of sp³-hybridized carbons (Fsp3) is 0.444. The number of hydrogen-bond donors (Lipinski definition) is 0. The number of aromatic nitrogens is 1. The van der Waals surface area contributed by atoms with Crippen molar-refractivity contribution in [3.8, 4) is 5.88 Å². The van der Waals surface area contributed by atoms with Gasteiger partial charge < -0.3 is 4.74 Å². The maximum atomic E-state index is 5.12. The molecule has 0 bridgehead atoms. The predicted molar refractivity (Wildman–Crippen MR) is 57.9 cm³/mol. The minimum absolute atomic E-state index is 0.751. The van der Waals surface area contributed by atoms with Gasteiger partial charge in [-0.1, -0.05) is 29.5 Å². The van der Waals surface area contributed by atoms with Crippen molar-refractivity contribution in [3.05, 3.63) is 23.4 Å². The standard InChI is InChI=1S/C9H12INO/c1-3-7-4-8(5-10)9(12-2)11-6-7/h4,6H,3,5H2,1-2H3. The number of pyridine rings is 1. The molecular weight excluding hydrogens is 265 g/mol. The summed E-state index contributed by atoms with van der Waals surface area (Å²) in [5.41, 5.74) is 2.44. The molecule has 0 radical (unpaired) electrons. The van der Waals surface area contributed by atoms with E-state index >= 15 is 0 Å². The van der Waals surface area contributed by atoms with Gasteiger partial charge in [0, 0.05) is 16.2 Å².